The summed E-state index contributed by atoms with van der Waals surface area (Å²) < 4.78 is 36.7. The molecule has 0 aliphatic rings. The number of hydrogen-bond acceptors (Lipinski definition) is 6. The molecule has 0 bridgehead atoms. The van der Waals surface area contributed by atoms with Gasteiger partial charge in [0, 0.05) is 26.6 Å². The highest BCUT2D eigenvalue weighted by Crippen LogP contribution is 2.29. The second kappa shape index (κ2) is 13.0. The van der Waals surface area contributed by atoms with Crippen molar-refractivity contribution < 1.29 is 27.5 Å². The molecule has 2 aromatic rings. The Labute approximate surface area is 208 Å². The van der Waals surface area contributed by atoms with Gasteiger partial charge in [0.15, 0.2) is 0 Å². The fourth-order valence-corrected chi connectivity index (χ4v) is 4.80. The van der Waals surface area contributed by atoms with Crippen LogP contribution in [0.3, 0.4) is 0 Å². The molecule has 0 saturated heterocycles. The lowest BCUT2D eigenvalue weighted by molar-refractivity contribution is -0.141. The zero-order valence-electron chi connectivity index (χ0n) is 21.0. The van der Waals surface area contributed by atoms with Gasteiger partial charge in [0.05, 0.1) is 26.2 Å². The van der Waals surface area contributed by atoms with Crippen molar-refractivity contribution >= 4 is 27.5 Å². The summed E-state index contributed by atoms with van der Waals surface area (Å²) in [5, 5.41) is 2.63. The molecule has 0 aliphatic heterocycles. The molecule has 0 unspecified atom stereocenters. The SMILES string of the molecule is CC[C@H](C(=O)NC)N(Cc1ccc(OC)cc1)C(=O)CCCN(c1ccccc1OC)S(C)(=O)=O. The van der Waals surface area contributed by atoms with Crippen molar-refractivity contribution in [3.05, 3.63) is 54.1 Å². The average Bonchev–Trinajstić information content (AvgIpc) is 2.85. The Kier molecular flexibility index (Phi) is 10.4. The summed E-state index contributed by atoms with van der Waals surface area (Å²) in [5.74, 6) is 0.643. The van der Waals surface area contributed by atoms with Gasteiger partial charge in [-0.1, -0.05) is 31.2 Å². The van der Waals surface area contributed by atoms with E-state index in [1.165, 1.54) is 18.5 Å². The van der Waals surface area contributed by atoms with Gasteiger partial charge in [-0.25, -0.2) is 8.42 Å². The molecule has 0 aliphatic carbocycles. The van der Waals surface area contributed by atoms with E-state index in [4.69, 9.17) is 9.47 Å². The Morgan fingerprint density at radius 3 is 2.23 bits per heavy atom. The minimum absolute atomic E-state index is 0.0742. The van der Waals surface area contributed by atoms with E-state index >= 15 is 0 Å². The Morgan fingerprint density at radius 1 is 1.03 bits per heavy atom. The molecule has 0 heterocycles. The number of para-hydroxylation sites is 2. The molecule has 0 radical (unpaired) electrons. The predicted molar refractivity (Wildman–Crippen MR) is 136 cm³/mol. The van der Waals surface area contributed by atoms with Gasteiger partial charge in [0.2, 0.25) is 21.8 Å². The van der Waals surface area contributed by atoms with Crippen LogP contribution in [0, 0.1) is 0 Å². The van der Waals surface area contributed by atoms with Gasteiger partial charge < -0.3 is 19.7 Å². The van der Waals surface area contributed by atoms with Crippen LogP contribution in [0.25, 0.3) is 0 Å². The zero-order valence-corrected chi connectivity index (χ0v) is 21.8. The van der Waals surface area contributed by atoms with Crippen LogP contribution in [0.4, 0.5) is 5.69 Å². The number of benzene rings is 2. The van der Waals surface area contributed by atoms with Crippen molar-refractivity contribution in [2.75, 3.05) is 38.4 Å². The number of anilines is 1. The third-order valence-electron chi connectivity index (χ3n) is 5.65. The van der Waals surface area contributed by atoms with E-state index in [1.807, 2.05) is 19.1 Å². The van der Waals surface area contributed by atoms with Crippen molar-refractivity contribution in [3.63, 3.8) is 0 Å². The minimum Gasteiger partial charge on any atom is -0.497 e. The van der Waals surface area contributed by atoms with Gasteiger partial charge in [-0.2, -0.15) is 0 Å². The first-order valence-electron chi connectivity index (χ1n) is 11.4. The molecule has 0 aromatic heterocycles. The van der Waals surface area contributed by atoms with Gasteiger partial charge in [0.1, 0.15) is 17.5 Å². The summed E-state index contributed by atoms with van der Waals surface area (Å²) in [5.41, 5.74) is 1.27. The third kappa shape index (κ3) is 7.61. The van der Waals surface area contributed by atoms with Crippen LogP contribution in [0.5, 0.6) is 11.5 Å². The van der Waals surface area contributed by atoms with E-state index in [0.29, 0.717) is 23.6 Å². The largest absolute Gasteiger partial charge is 0.497 e. The van der Waals surface area contributed by atoms with E-state index in [-0.39, 0.29) is 37.7 Å². The second-order valence-electron chi connectivity index (χ2n) is 8.02. The van der Waals surface area contributed by atoms with Crippen LogP contribution in [0.2, 0.25) is 0 Å². The van der Waals surface area contributed by atoms with Gasteiger partial charge in [-0.3, -0.25) is 13.9 Å². The highest BCUT2D eigenvalue weighted by molar-refractivity contribution is 7.92. The molecule has 0 fully saturated rings. The number of nitrogens with one attached hydrogen (secondary N) is 1. The van der Waals surface area contributed by atoms with Gasteiger partial charge in [-0.05, 0) is 42.7 Å². The summed E-state index contributed by atoms with van der Waals surface area (Å²) in [4.78, 5) is 27.4. The highest BCUT2D eigenvalue weighted by atomic mass is 32.2. The van der Waals surface area contributed by atoms with E-state index in [1.54, 1.807) is 48.4 Å². The number of carbonyl (C=O) groups excluding carboxylic acids is 2. The third-order valence-corrected chi connectivity index (χ3v) is 6.83. The Balaban J connectivity index is 2.21. The maximum absolute atomic E-state index is 13.3. The molecular formula is C25H35N3O6S. The molecule has 1 atom stereocenters. The quantitative estimate of drug-likeness (QED) is 0.449. The maximum atomic E-state index is 13.3. The van der Waals surface area contributed by atoms with Crippen molar-refractivity contribution in [3.8, 4) is 11.5 Å². The summed E-state index contributed by atoms with van der Waals surface area (Å²) in [6, 6.07) is 13.5. The number of rotatable bonds is 13. The van der Waals surface area contributed by atoms with E-state index < -0.39 is 16.1 Å². The fraction of sp³-hybridized carbons (Fsp3) is 0.440. The van der Waals surface area contributed by atoms with E-state index in [9.17, 15) is 18.0 Å². The van der Waals surface area contributed by atoms with Crippen LogP contribution in [0.1, 0.15) is 31.7 Å². The van der Waals surface area contributed by atoms with Gasteiger partial charge in [-0.15, -0.1) is 0 Å². The molecule has 0 saturated carbocycles. The second-order valence-corrected chi connectivity index (χ2v) is 9.93. The number of carbonyl (C=O) groups is 2. The van der Waals surface area contributed by atoms with E-state index in [2.05, 4.69) is 5.32 Å². The Morgan fingerprint density at radius 2 is 1.69 bits per heavy atom. The smallest absolute Gasteiger partial charge is 0.242 e. The number of likely N-dealkylation sites (N-methyl/N-ethyl adjacent to an activating group) is 1. The van der Waals surface area contributed by atoms with Crippen LogP contribution >= 0.6 is 0 Å². The predicted octanol–water partition coefficient (Wildman–Crippen LogP) is 2.80. The number of hydrogen-bond donors (Lipinski definition) is 1. The lowest BCUT2D eigenvalue weighted by Gasteiger charge is -2.31. The number of sulfonamides is 1. The number of ether oxygens (including phenoxy) is 2. The molecular weight excluding hydrogens is 470 g/mol. The lowest BCUT2D eigenvalue weighted by atomic mass is 10.1. The average molecular weight is 506 g/mol. The zero-order chi connectivity index (χ0) is 26.0. The van der Waals surface area contributed by atoms with Gasteiger partial charge >= 0.3 is 0 Å². The van der Waals surface area contributed by atoms with Crippen molar-refractivity contribution in [2.24, 2.45) is 0 Å². The van der Waals surface area contributed by atoms with Crippen molar-refractivity contribution in [2.45, 2.75) is 38.8 Å². The van der Waals surface area contributed by atoms with Crippen LogP contribution in [-0.2, 0) is 26.2 Å². The summed E-state index contributed by atoms with van der Waals surface area (Å²) in [7, 11) is 0.984. The fourth-order valence-electron chi connectivity index (χ4n) is 3.83. The minimum atomic E-state index is -3.61. The van der Waals surface area contributed by atoms with Crippen LogP contribution < -0.4 is 19.1 Å². The molecule has 2 aromatic carbocycles. The molecule has 0 spiro atoms. The monoisotopic (exact) mass is 505 g/mol. The molecule has 2 rings (SSSR count). The summed E-state index contributed by atoms with van der Waals surface area (Å²) >= 11 is 0. The summed E-state index contributed by atoms with van der Waals surface area (Å²) in [6.07, 6.45) is 1.91. The van der Waals surface area contributed by atoms with Gasteiger partial charge in [0.25, 0.3) is 0 Å². The highest BCUT2D eigenvalue weighted by Gasteiger charge is 2.28. The maximum Gasteiger partial charge on any atom is 0.242 e. The molecule has 9 nitrogen and oxygen atoms in total. The molecule has 2 amide bonds. The van der Waals surface area contributed by atoms with Crippen LogP contribution in [0.15, 0.2) is 48.5 Å². The van der Waals surface area contributed by atoms with Crippen LogP contribution in [-0.4, -0.2) is 65.2 Å². The first kappa shape index (κ1) is 28.0. The Bertz CT molecular complexity index is 1090. The number of methoxy groups -OCH3 is 2. The normalized spacial score (nSPS) is 11.9. The molecule has 10 heteroatoms. The summed E-state index contributed by atoms with van der Waals surface area (Å²) in [6.45, 7) is 2.19. The first-order valence-corrected chi connectivity index (χ1v) is 13.3. The molecule has 192 valence electrons. The number of amides is 2. The molecule has 35 heavy (non-hydrogen) atoms. The number of nitrogens with zero attached hydrogens (tertiary/aromatic N) is 2. The first-order chi connectivity index (χ1) is 16.7. The lowest BCUT2D eigenvalue weighted by Crippen LogP contribution is -2.48. The topological polar surface area (TPSA) is 105 Å². The molecule has 1 N–H and O–H groups in total. The van der Waals surface area contributed by atoms with Crippen molar-refractivity contribution in [1.82, 2.24) is 10.2 Å². The standard InChI is InChI=1S/C25H35N3O6S/c1-6-21(25(30)26-2)27(18-19-13-15-20(33-3)16-14-19)24(29)12-9-17-28(35(5,31)32)22-10-7-8-11-23(22)34-4/h7-8,10-11,13-16,21H,6,9,12,17-18H2,1-5H3,(H,26,30)/t21-/m1/s1. The Hall–Kier alpha value is -3.27. The van der Waals surface area contributed by atoms with Crippen molar-refractivity contribution in [1.29, 1.82) is 0 Å². The van der Waals surface area contributed by atoms with E-state index in [0.717, 1.165) is 11.8 Å².